The maximum Gasteiger partial charge on any atom is 0.405 e. The fraction of sp³-hybridized carbons (Fsp3) is 0.917. The SMILES string of the molecule is CC(C)(C[C@H]1CC[C@H](CO)CC1)OC(N)=O. The monoisotopic (exact) mass is 229 g/mol. The van der Waals surface area contributed by atoms with Gasteiger partial charge in [0.05, 0.1) is 0 Å². The smallest absolute Gasteiger partial charge is 0.405 e. The van der Waals surface area contributed by atoms with E-state index in [9.17, 15) is 4.79 Å². The van der Waals surface area contributed by atoms with Crippen molar-refractivity contribution in [3.8, 4) is 0 Å². The Balaban J connectivity index is 2.35. The number of aliphatic hydroxyl groups excluding tert-OH is 1. The van der Waals surface area contributed by atoms with E-state index in [-0.39, 0.29) is 0 Å². The van der Waals surface area contributed by atoms with Gasteiger partial charge in [-0.25, -0.2) is 4.79 Å². The molecule has 16 heavy (non-hydrogen) atoms. The first-order valence-electron chi connectivity index (χ1n) is 6.02. The summed E-state index contributed by atoms with van der Waals surface area (Å²) in [5, 5.41) is 9.04. The molecule has 0 aromatic heterocycles. The lowest BCUT2D eigenvalue weighted by Gasteiger charge is -2.33. The van der Waals surface area contributed by atoms with Gasteiger partial charge < -0.3 is 15.6 Å². The molecule has 0 radical (unpaired) electrons. The van der Waals surface area contributed by atoms with Crippen LogP contribution in [-0.2, 0) is 4.74 Å². The molecule has 0 atom stereocenters. The van der Waals surface area contributed by atoms with Crippen LogP contribution < -0.4 is 5.73 Å². The summed E-state index contributed by atoms with van der Waals surface area (Å²) < 4.78 is 5.08. The van der Waals surface area contributed by atoms with Gasteiger partial charge in [0.15, 0.2) is 0 Å². The molecule has 1 aliphatic rings. The van der Waals surface area contributed by atoms with E-state index >= 15 is 0 Å². The van der Waals surface area contributed by atoms with Crippen LogP contribution in [0.4, 0.5) is 4.79 Å². The molecule has 1 fully saturated rings. The third-order valence-electron chi connectivity index (χ3n) is 3.38. The van der Waals surface area contributed by atoms with Gasteiger partial charge in [0.25, 0.3) is 0 Å². The van der Waals surface area contributed by atoms with Crippen LogP contribution in [0.2, 0.25) is 0 Å². The largest absolute Gasteiger partial charge is 0.444 e. The molecule has 4 nitrogen and oxygen atoms in total. The number of rotatable bonds is 4. The molecule has 0 aliphatic heterocycles. The molecule has 4 heteroatoms. The van der Waals surface area contributed by atoms with Crippen LogP contribution in [0, 0.1) is 11.8 Å². The summed E-state index contributed by atoms with van der Waals surface area (Å²) in [7, 11) is 0. The Bertz CT molecular complexity index is 232. The van der Waals surface area contributed by atoms with E-state index < -0.39 is 11.7 Å². The molecular weight excluding hydrogens is 206 g/mol. The highest BCUT2D eigenvalue weighted by molar-refractivity contribution is 5.65. The van der Waals surface area contributed by atoms with Crippen molar-refractivity contribution in [1.82, 2.24) is 0 Å². The fourth-order valence-electron chi connectivity index (χ4n) is 2.63. The van der Waals surface area contributed by atoms with Gasteiger partial charge in [0.1, 0.15) is 5.60 Å². The van der Waals surface area contributed by atoms with E-state index in [0.29, 0.717) is 18.4 Å². The number of carbonyl (C=O) groups is 1. The van der Waals surface area contributed by atoms with Crippen molar-refractivity contribution >= 4 is 6.09 Å². The van der Waals surface area contributed by atoms with Crippen LogP contribution in [0.1, 0.15) is 46.0 Å². The maximum atomic E-state index is 10.7. The Morgan fingerprint density at radius 2 is 1.81 bits per heavy atom. The summed E-state index contributed by atoms with van der Waals surface area (Å²) >= 11 is 0. The summed E-state index contributed by atoms with van der Waals surface area (Å²) in [5.74, 6) is 1.05. The lowest BCUT2D eigenvalue weighted by Crippen LogP contribution is -2.34. The average Bonchev–Trinajstić information content (AvgIpc) is 2.16. The standard InChI is InChI=1S/C12H23NO3/c1-12(2,16-11(13)15)7-9-3-5-10(8-14)6-4-9/h9-10,14H,3-8H2,1-2H3,(H2,13,15)/t9-,10-. The van der Waals surface area contributed by atoms with Crippen molar-refractivity contribution in [3.63, 3.8) is 0 Å². The molecule has 0 heterocycles. The number of nitrogens with two attached hydrogens (primary N) is 1. The highest BCUT2D eigenvalue weighted by Crippen LogP contribution is 2.34. The normalized spacial score (nSPS) is 26.4. The molecule has 1 aliphatic carbocycles. The molecule has 0 saturated heterocycles. The van der Waals surface area contributed by atoms with E-state index in [4.69, 9.17) is 15.6 Å². The number of aliphatic hydroxyl groups is 1. The minimum absolute atomic E-state index is 0.300. The number of amides is 1. The van der Waals surface area contributed by atoms with Crippen LogP contribution in [-0.4, -0.2) is 23.4 Å². The van der Waals surface area contributed by atoms with Crippen molar-refractivity contribution in [1.29, 1.82) is 0 Å². The van der Waals surface area contributed by atoms with E-state index in [2.05, 4.69) is 0 Å². The molecule has 0 unspecified atom stereocenters. The Morgan fingerprint density at radius 3 is 2.25 bits per heavy atom. The third-order valence-corrected chi connectivity index (χ3v) is 3.38. The summed E-state index contributed by atoms with van der Waals surface area (Å²) in [4.78, 5) is 10.7. The minimum atomic E-state index is -0.700. The first kappa shape index (κ1) is 13.3. The maximum absolute atomic E-state index is 10.7. The van der Waals surface area contributed by atoms with Crippen molar-refractivity contribution < 1.29 is 14.6 Å². The van der Waals surface area contributed by atoms with Crippen LogP contribution in [0.15, 0.2) is 0 Å². The van der Waals surface area contributed by atoms with Crippen LogP contribution in [0.25, 0.3) is 0 Å². The summed E-state index contributed by atoms with van der Waals surface area (Å²) in [6.45, 7) is 4.10. The number of hydrogen-bond donors (Lipinski definition) is 2. The molecule has 0 aromatic rings. The second kappa shape index (κ2) is 5.53. The van der Waals surface area contributed by atoms with Gasteiger partial charge in [-0.1, -0.05) is 0 Å². The van der Waals surface area contributed by atoms with Crippen molar-refractivity contribution in [2.45, 2.75) is 51.6 Å². The second-order valence-corrected chi connectivity index (χ2v) is 5.45. The zero-order valence-electron chi connectivity index (χ0n) is 10.2. The second-order valence-electron chi connectivity index (χ2n) is 5.45. The first-order valence-corrected chi connectivity index (χ1v) is 6.02. The molecule has 1 amide bonds. The van der Waals surface area contributed by atoms with Gasteiger partial charge in [-0.2, -0.15) is 0 Å². The minimum Gasteiger partial charge on any atom is -0.444 e. The molecule has 94 valence electrons. The Kier molecular flexibility index (Phi) is 4.59. The van der Waals surface area contributed by atoms with Crippen LogP contribution in [0.5, 0.6) is 0 Å². The van der Waals surface area contributed by atoms with Gasteiger partial charge in [-0.15, -0.1) is 0 Å². The van der Waals surface area contributed by atoms with Crippen LogP contribution in [0.3, 0.4) is 0 Å². The number of hydrogen-bond acceptors (Lipinski definition) is 3. The number of carbonyl (C=O) groups excluding carboxylic acids is 1. The molecule has 3 N–H and O–H groups in total. The zero-order chi connectivity index (χ0) is 12.2. The molecule has 1 rings (SSSR count). The fourth-order valence-corrected chi connectivity index (χ4v) is 2.63. The predicted molar refractivity (Wildman–Crippen MR) is 61.9 cm³/mol. The van der Waals surface area contributed by atoms with Crippen molar-refractivity contribution in [3.05, 3.63) is 0 Å². The van der Waals surface area contributed by atoms with E-state index in [1.165, 1.54) is 0 Å². The van der Waals surface area contributed by atoms with Crippen molar-refractivity contribution in [2.75, 3.05) is 6.61 Å². The van der Waals surface area contributed by atoms with Gasteiger partial charge in [0, 0.05) is 6.61 Å². The molecule has 0 aromatic carbocycles. The van der Waals surface area contributed by atoms with E-state index in [1.54, 1.807) is 0 Å². The highest BCUT2D eigenvalue weighted by Gasteiger charge is 2.29. The van der Waals surface area contributed by atoms with Gasteiger partial charge in [0.2, 0.25) is 0 Å². The summed E-state index contributed by atoms with van der Waals surface area (Å²) in [5.41, 5.74) is 4.56. The quantitative estimate of drug-likeness (QED) is 0.775. The summed E-state index contributed by atoms with van der Waals surface area (Å²) in [6, 6.07) is 0. The molecule has 0 spiro atoms. The first-order chi connectivity index (χ1) is 7.43. The Hall–Kier alpha value is -0.770. The molecule has 0 bridgehead atoms. The zero-order valence-corrected chi connectivity index (χ0v) is 10.2. The van der Waals surface area contributed by atoms with Crippen LogP contribution >= 0.6 is 0 Å². The topological polar surface area (TPSA) is 72.6 Å². The Morgan fingerprint density at radius 1 is 1.31 bits per heavy atom. The predicted octanol–water partition coefficient (Wildman–Crippen LogP) is 2.05. The van der Waals surface area contributed by atoms with E-state index in [0.717, 1.165) is 32.1 Å². The highest BCUT2D eigenvalue weighted by atomic mass is 16.6. The van der Waals surface area contributed by atoms with E-state index in [1.807, 2.05) is 13.8 Å². The van der Waals surface area contributed by atoms with Crippen molar-refractivity contribution in [2.24, 2.45) is 17.6 Å². The summed E-state index contributed by atoms with van der Waals surface area (Å²) in [6.07, 6.45) is 4.53. The van der Waals surface area contributed by atoms with Gasteiger partial charge in [-0.05, 0) is 57.8 Å². The number of ether oxygens (including phenoxy) is 1. The third kappa shape index (κ3) is 4.39. The van der Waals surface area contributed by atoms with Gasteiger partial charge >= 0.3 is 6.09 Å². The number of primary amides is 1. The average molecular weight is 229 g/mol. The molecule has 1 saturated carbocycles. The lowest BCUT2D eigenvalue weighted by molar-refractivity contribution is 0.0182. The van der Waals surface area contributed by atoms with Gasteiger partial charge in [-0.3, -0.25) is 0 Å². The Labute approximate surface area is 97.2 Å². The lowest BCUT2D eigenvalue weighted by atomic mass is 9.78. The molecular formula is C12H23NO3.